The van der Waals surface area contributed by atoms with Crippen LogP contribution in [0.15, 0.2) is 65.8 Å². The molecule has 0 fully saturated rings. The summed E-state index contributed by atoms with van der Waals surface area (Å²) in [5.41, 5.74) is 17.8. The Labute approximate surface area is 162 Å². The molecule has 0 radical (unpaired) electrons. The van der Waals surface area contributed by atoms with Gasteiger partial charge in [-0.25, -0.2) is 9.97 Å². The molecule has 0 aliphatic heterocycles. The monoisotopic (exact) mass is 377 g/mol. The van der Waals surface area contributed by atoms with Gasteiger partial charge >= 0.3 is 0 Å². The van der Waals surface area contributed by atoms with Gasteiger partial charge in [-0.15, -0.1) is 0 Å². The largest absolute Gasteiger partial charge is 0.382 e. The first-order valence-electron chi connectivity index (χ1n) is 8.18. The van der Waals surface area contributed by atoms with Crippen LogP contribution < -0.4 is 22.2 Å². The molecule has 0 saturated heterocycles. The molecule has 1 heterocycles. The Morgan fingerprint density at radius 2 is 1.70 bits per heavy atom. The molecule has 0 unspecified atom stereocenters. The Morgan fingerprint density at radius 1 is 1.00 bits per heavy atom. The second kappa shape index (κ2) is 8.24. The Morgan fingerprint density at radius 3 is 2.37 bits per heavy atom. The van der Waals surface area contributed by atoms with Gasteiger partial charge in [-0.2, -0.15) is 5.10 Å². The minimum Gasteiger partial charge on any atom is -0.382 e. The Balaban J connectivity index is 1.77. The van der Waals surface area contributed by atoms with Gasteiger partial charge in [0.25, 0.3) is 0 Å². The molecule has 1 aromatic heterocycles. The number of benzene rings is 2. The van der Waals surface area contributed by atoms with Gasteiger partial charge in [-0.05, 0) is 43.4 Å². The van der Waals surface area contributed by atoms with Crippen LogP contribution in [0.3, 0.4) is 0 Å². The summed E-state index contributed by atoms with van der Waals surface area (Å²) in [5, 5.41) is 7.27. The van der Waals surface area contributed by atoms with Gasteiger partial charge in [0.15, 0.2) is 16.8 Å². The molecule has 0 aliphatic rings. The summed E-state index contributed by atoms with van der Waals surface area (Å²) in [6.45, 7) is 1.83. The van der Waals surface area contributed by atoms with Crippen molar-refractivity contribution in [1.29, 1.82) is 0 Å². The van der Waals surface area contributed by atoms with E-state index >= 15 is 0 Å². The average Bonchev–Trinajstić information content (AvgIpc) is 2.66. The number of nitrogens with two attached hydrogens (primary N) is 2. The Bertz CT molecular complexity index is 969. The van der Waals surface area contributed by atoms with Gasteiger partial charge in [0.1, 0.15) is 5.82 Å². The SMILES string of the molecule is Cc1nc(N/N=C(\N)c2ccc(NC(N)=S)cc2)cc(-c2ccccc2)n1. The number of aryl methyl sites for hydroxylation is 1. The molecule has 2 aromatic carbocycles. The second-order valence-corrected chi connectivity index (χ2v) is 6.17. The highest BCUT2D eigenvalue weighted by atomic mass is 32.1. The van der Waals surface area contributed by atoms with Crippen molar-refractivity contribution < 1.29 is 0 Å². The third-order valence-electron chi connectivity index (χ3n) is 3.65. The minimum atomic E-state index is 0.208. The van der Waals surface area contributed by atoms with Crippen LogP contribution in [-0.2, 0) is 0 Å². The maximum atomic E-state index is 6.05. The van der Waals surface area contributed by atoms with Crippen LogP contribution in [0.5, 0.6) is 0 Å². The third-order valence-corrected chi connectivity index (χ3v) is 3.75. The van der Waals surface area contributed by atoms with Crippen molar-refractivity contribution in [3.05, 3.63) is 72.1 Å². The Hall–Kier alpha value is -3.52. The van der Waals surface area contributed by atoms with Crippen LogP contribution in [0, 0.1) is 6.92 Å². The summed E-state index contributed by atoms with van der Waals surface area (Å²) in [6, 6.07) is 19.0. The number of hydrazone groups is 1. The number of rotatable bonds is 5. The molecule has 3 rings (SSSR count). The van der Waals surface area contributed by atoms with Crippen LogP contribution in [0.2, 0.25) is 0 Å². The van der Waals surface area contributed by atoms with Gasteiger partial charge in [-0.1, -0.05) is 30.3 Å². The topological polar surface area (TPSA) is 114 Å². The van der Waals surface area contributed by atoms with Gasteiger partial charge in [0.2, 0.25) is 0 Å². The molecule has 0 bridgehead atoms. The van der Waals surface area contributed by atoms with Crippen molar-refractivity contribution in [3.8, 4) is 11.3 Å². The van der Waals surface area contributed by atoms with E-state index < -0.39 is 0 Å². The molecule has 27 heavy (non-hydrogen) atoms. The number of amidine groups is 1. The van der Waals surface area contributed by atoms with E-state index in [9.17, 15) is 0 Å². The van der Waals surface area contributed by atoms with Crippen LogP contribution in [0.1, 0.15) is 11.4 Å². The smallest absolute Gasteiger partial charge is 0.168 e. The maximum Gasteiger partial charge on any atom is 0.168 e. The van der Waals surface area contributed by atoms with Gasteiger partial charge in [-0.3, -0.25) is 5.43 Å². The lowest BCUT2D eigenvalue weighted by molar-refractivity contribution is 1.05. The molecule has 3 aromatic rings. The van der Waals surface area contributed by atoms with Crippen LogP contribution >= 0.6 is 12.2 Å². The first-order chi connectivity index (χ1) is 13.0. The zero-order valence-electron chi connectivity index (χ0n) is 14.7. The highest BCUT2D eigenvalue weighted by molar-refractivity contribution is 7.80. The van der Waals surface area contributed by atoms with Crippen molar-refractivity contribution in [2.45, 2.75) is 6.92 Å². The third kappa shape index (κ3) is 4.99. The lowest BCUT2D eigenvalue weighted by Gasteiger charge is -2.08. The predicted molar refractivity (Wildman–Crippen MR) is 113 cm³/mol. The number of nitrogens with zero attached hydrogens (tertiary/aromatic N) is 3. The van der Waals surface area contributed by atoms with E-state index in [4.69, 9.17) is 23.7 Å². The molecule has 0 amide bonds. The normalized spacial score (nSPS) is 11.1. The van der Waals surface area contributed by atoms with Crippen molar-refractivity contribution in [2.75, 3.05) is 10.7 Å². The van der Waals surface area contributed by atoms with Gasteiger partial charge in [0, 0.05) is 22.9 Å². The fourth-order valence-corrected chi connectivity index (χ4v) is 2.55. The summed E-state index contributed by atoms with van der Waals surface area (Å²) in [5.74, 6) is 1.53. The quantitative estimate of drug-likeness (QED) is 0.234. The summed E-state index contributed by atoms with van der Waals surface area (Å²) >= 11 is 4.81. The molecule has 8 heteroatoms. The molecular weight excluding hydrogens is 358 g/mol. The number of thiocarbonyl (C=S) groups is 1. The second-order valence-electron chi connectivity index (χ2n) is 5.73. The lowest BCUT2D eigenvalue weighted by Crippen LogP contribution is -2.19. The fraction of sp³-hybridized carbons (Fsp3) is 0.0526. The summed E-state index contributed by atoms with van der Waals surface area (Å²) in [7, 11) is 0. The summed E-state index contributed by atoms with van der Waals surface area (Å²) in [4.78, 5) is 8.81. The number of hydrogen-bond donors (Lipinski definition) is 4. The zero-order valence-corrected chi connectivity index (χ0v) is 15.5. The van der Waals surface area contributed by atoms with Crippen molar-refractivity contribution >= 4 is 34.7 Å². The van der Waals surface area contributed by atoms with Crippen LogP contribution in [0.4, 0.5) is 11.5 Å². The highest BCUT2D eigenvalue weighted by Crippen LogP contribution is 2.19. The predicted octanol–water partition coefficient (Wildman–Crippen LogP) is 2.84. The summed E-state index contributed by atoms with van der Waals surface area (Å²) in [6.07, 6.45) is 0. The minimum absolute atomic E-state index is 0.208. The standard InChI is InChI=1S/C19H19N7S/c1-12-22-16(13-5-3-2-4-6-13)11-17(23-12)25-26-18(20)14-7-9-15(10-8-14)24-19(21)27/h2-11H,1H3,(H2,20,26)(H3,21,24,27)(H,22,23,25). The molecular formula is C19H19N7S. The fourth-order valence-electron chi connectivity index (χ4n) is 2.43. The van der Waals surface area contributed by atoms with Crippen molar-refractivity contribution in [3.63, 3.8) is 0 Å². The van der Waals surface area contributed by atoms with E-state index in [2.05, 4.69) is 25.8 Å². The first-order valence-corrected chi connectivity index (χ1v) is 8.59. The van der Waals surface area contributed by atoms with Crippen LogP contribution in [0.25, 0.3) is 11.3 Å². The number of aromatic nitrogens is 2. The molecule has 0 aliphatic carbocycles. The number of nitrogens with one attached hydrogen (secondary N) is 2. The van der Waals surface area contributed by atoms with Crippen molar-refractivity contribution in [1.82, 2.24) is 9.97 Å². The van der Waals surface area contributed by atoms with E-state index in [1.165, 1.54) is 0 Å². The van der Waals surface area contributed by atoms with Crippen molar-refractivity contribution in [2.24, 2.45) is 16.6 Å². The average molecular weight is 377 g/mol. The molecule has 0 atom stereocenters. The Kier molecular flexibility index (Phi) is 5.58. The van der Waals surface area contributed by atoms with Crippen LogP contribution in [-0.4, -0.2) is 20.9 Å². The summed E-state index contributed by atoms with van der Waals surface area (Å²) < 4.78 is 0. The molecule has 136 valence electrons. The van der Waals surface area contributed by atoms with E-state index in [1.807, 2.05) is 67.6 Å². The van der Waals surface area contributed by atoms with E-state index in [0.29, 0.717) is 17.5 Å². The number of anilines is 2. The van der Waals surface area contributed by atoms with E-state index in [1.54, 1.807) is 0 Å². The lowest BCUT2D eigenvalue weighted by atomic mass is 10.1. The number of hydrogen-bond acceptors (Lipinski definition) is 5. The molecule has 6 N–H and O–H groups in total. The zero-order chi connectivity index (χ0) is 19.2. The maximum absolute atomic E-state index is 6.05. The molecule has 0 spiro atoms. The highest BCUT2D eigenvalue weighted by Gasteiger charge is 2.05. The van der Waals surface area contributed by atoms with E-state index in [0.717, 1.165) is 22.5 Å². The molecule has 0 saturated carbocycles. The first kappa shape index (κ1) is 18.3. The van der Waals surface area contributed by atoms with E-state index in [-0.39, 0.29) is 5.11 Å². The molecule has 7 nitrogen and oxygen atoms in total. The van der Waals surface area contributed by atoms with Gasteiger partial charge in [0.05, 0.1) is 5.69 Å². The van der Waals surface area contributed by atoms with Gasteiger partial charge < -0.3 is 16.8 Å².